The van der Waals surface area contributed by atoms with Crippen molar-refractivity contribution in [1.82, 2.24) is 15.0 Å². The van der Waals surface area contributed by atoms with Crippen LogP contribution in [0.3, 0.4) is 0 Å². The lowest BCUT2D eigenvalue weighted by molar-refractivity contribution is -0.137. The average Bonchev–Trinajstić information content (AvgIpc) is 3.25. The number of aromatic amines is 1. The zero-order chi connectivity index (χ0) is 26.2. The first-order valence-corrected chi connectivity index (χ1v) is 12.3. The Morgan fingerprint density at radius 1 is 0.919 bits per heavy atom. The van der Waals surface area contributed by atoms with Gasteiger partial charge in [-0.15, -0.1) is 0 Å². The standard InChI is InChI=1S/C27H18BrClF4N4/c28-19-6-8-22-23(13-19)36-25(35-22)37-26(14-16-4-2-1-3-5-16,24-9-7-20(29)15-34-24)17-10-18(27(31,32)33)12-21(30)11-17/h1-13,15H,14H2,(H2,35,36,37)/t26-/m1/s1. The largest absolute Gasteiger partial charge is 0.416 e. The molecule has 5 aromatic rings. The number of nitrogens with zero attached hydrogens (tertiary/aromatic N) is 2. The number of H-pyrrole nitrogens is 1. The number of halogens is 6. The number of imidazole rings is 1. The summed E-state index contributed by atoms with van der Waals surface area (Å²) in [7, 11) is 0. The van der Waals surface area contributed by atoms with Gasteiger partial charge in [-0.05, 0) is 59.7 Å². The first-order chi connectivity index (χ1) is 17.6. The van der Waals surface area contributed by atoms with E-state index in [4.69, 9.17) is 11.6 Å². The SMILES string of the molecule is Fc1cc(C(F)(F)F)cc([C@@](Cc2ccccc2)(Nc2nc3ccc(Br)cc3[nH]2)c2ccc(Cl)cn2)c1. The molecule has 0 saturated carbocycles. The normalized spacial score (nSPS) is 13.5. The summed E-state index contributed by atoms with van der Waals surface area (Å²) in [5.74, 6) is -0.745. The van der Waals surface area contributed by atoms with Crippen LogP contribution < -0.4 is 5.32 Å². The second-order valence-electron chi connectivity index (χ2n) is 8.53. The Morgan fingerprint density at radius 3 is 2.38 bits per heavy atom. The lowest BCUT2D eigenvalue weighted by Gasteiger charge is -2.35. The quantitative estimate of drug-likeness (QED) is 0.197. The van der Waals surface area contributed by atoms with E-state index in [0.29, 0.717) is 27.8 Å². The Morgan fingerprint density at radius 2 is 1.68 bits per heavy atom. The molecule has 4 nitrogen and oxygen atoms in total. The Bertz CT molecular complexity index is 1560. The molecule has 3 aromatic carbocycles. The van der Waals surface area contributed by atoms with E-state index < -0.39 is 23.1 Å². The van der Waals surface area contributed by atoms with Gasteiger partial charge in [0.15, 0.2) is 0 Å². The van der Waals surface area contributed by atoms with Crippen molar-refractivity contribution < 1.29 is 17.6 Å². The number of pyridine rings is 1. The van der Waals surface area contributed by atoms with E-state index in [2.05, 4.69) is 36.2 Å². The van der Waals surface area contributed by atoms with Crippen molar-refractivity contribution in [2.75, 3.05) is 5.32 Å². The Kier molecular flexibility index (Phi) is 6.68. The van der Waals surface area contributed by atoms with Crippen molar-refractivity contribution in [3.8, 4) is 0 Å². The lowest BCUT2D eigenvalue weighted by Crippen LogP contribution is -2.40. The van der Waals surface area contributed by atoms with Gasteiger partial charge in [0.25, 0.3) is 0 Å². The van der Waals surface area contributed by atoms with E-state index in [9.17, 15) is 17.6 Å². The van der Waals surface area contributed by atoms with Crippen LogP contribution in [-0.4, -0.2) is 15.0 Å². The molecule has 0 aliphatic rings. The number of benzene rings is 3. The number of aromatic nitrogens is 3. The summed E-state index contributed by atoms with van der Waals surface area (Å²) in [5.41, 5.74) is -0.0867. The van der Waals surface area contributed by atoms with Gasteiger partial charge in [0.2, 0.25) is 5.95 Å². The van der Waals surface area contributed by atoms with Crippen molar-refractivity contribution in [2.24, 2.45) is 0 Å². The summed E-state index contributed by atoms with van der Waals surface area (Å²) in [6.07, 6.45) is -3.23. The maximum absolute atomic E-state index is 14.8. The number of nitrogens with one attached hydrogen (secondary N) is 2. The van der Waals surface area contributed by atoms with Gasteiger partial charge in [-0.3, -0.25) is 4.98 Å². The van der Waals surface area contributed by atoms with E-state index in [0.717, 1.165) is 22.2 Å². The molecule has 0 spiro atoms. The molecule has 0 fully saturated rings. The molecule has 0 bridgehead atoms. The number of alkyl halides is 3. The molecule has 2 heterocycles. The molecule has 188 valence electrons. The van der Waals surface area contributed by atoms with Crippen LogP contribution >= 0.6 is 27.5 Å². The molecule has 0 aliphatic carbocycles. The monoisotopic (exact) mass is 588 g/mol. The molecule has 1 atom stereocenters. The van der Waals surface area contributed by atoms with Gasteiger partial charge in [0, 0.05) is 17.1 Å². The zero-order valence-electron chi connectivity index (χ0n) is 19.0. The highest BCUT2D eigenvalue weighted by Gasteiger charge is 2.40. The summed E-state index contributed by atoms with van der Waals surface area (Å²) in [5, 5.41) is 3.63. The first kappa shape index (κ1) is 25.2. The highest BCUT2D eigenvalue weighted by atomic mass is 79.9. The maximum atomic E-state index is 14.8. The molecule has 2 aromatic heterocycles. The third-order valence-electron chi connectivity index (χ3n) is 5.97. The lowest BCUT2D eigenvalue weighted by atomic mass is 9.80. The van der Waals surface area contributed by atoms with Gasteiger partial charge in [-0.1, -0.05) is 57.9 Å². The number of hydrogen-bond donors (Lipinski definition) is 2. The number of rotatable bonds is 6. The van der Waals surface area contributed by atoms with Crippen molar-refractivity contribution in [3.63, 3.8) is 0 Å². The average molecular weight is 590 g/mol. The van der Waals surface area contributed by atoms with Crippen LogP contribution in [-0.2, 0) is 18.1 Å². The van der Waals surface area contributed by atoms with Crippen LogP contribution in [0.1, 0.15) is 22.4 Å². The van der Waals surface area contributed by atoms with Crippen LogP contribution in [0.2, 0.25) is 5.02 Å². The van der Waals surface area contributed by atoms with E-state index in [1.54, 1.807) is 18.2 Å². The second-order valence-corrected chi connectivity index (χ2v) is 9.88. The highest BCUT2D eigenvalue weighted by molar-refractivity contribution is 9.10. The van der Waals surface area contributed by atoms with E-state index >= 15 is 0 Å². The molecule has 0 unspecified atom stereocenters. The van der Waals surface area contributed by atoms with Crippen LogP contribution in [0.25, 0.3) is 11.0 Å². The van der Waals surface area contributed by atoms with Gasteiger partial charge in [-0.25, -0.2) is 9.37 Å². The van der Waals surface area contributed by atoms with Gasteiger partial charge in [-0.2, -0.15) is 13.2 Å². The molecule has 0 amide bonds. The zero-order valence-corrected chi connectivity index (χ0v) is 21.3. The minimum absolute atomic E-state index is 0.0279. The minimum Gasteiger partial charge on any atom is -0.340 e. The summed E-state index contributed by atoms with van der Waals surface area (Å²) < 4.78 is 56.9. The molecule has 0 saturated heterocycles. The predicted molar refractivity (Wildman–Crippen MR) is 139 cm³/mol. The number of fused-ring (bicyclic) bond motifs is 1. The summed E-state index contributed by atoms with van der Waals surface area (Å²) >= 11 is 9.52. The number of anilines is 1. The topological polar surface area (TPSA) is 53.6 Å². The van der Waals surface area contributed by atoms with Crippen molar-refractivity contribution in [2.45, 2.75) is 18.1 Å². The molecule has 0 aliphatic heterocycles. The van der Waals surface area contributed by atoms with Crippen molar-refractivity contribution in [1.29, 1.82) is 0 Å². The fraction of sp³-hybridized carbons (Fsp3) is 0.111. The fourth-order valence-electron chi connectivity index (χ4n) is 4.29. The van der Waals surface area contributed by atoms with Gasteiger partial charge >= 0.3 is 6.18 Å². The van der Waals surface area contributed by atoms with Gasteiger partial charge in [0.1, 0.15) is 11.4 Å². The molecular formula is C27H18BrClF4N4. The third kappa shape index (κ3) is 5.33. The summed E-state index contributed by atoms with van der Waals surface area (Å²) in [6.45, 7) is 0. The second kappa shape index (κ2) is 9.79. The molecule has 0 radical (unpaired) electrons. The number of hydrogen-bond acceptors (Lipinski definition) is 3. The summed E-state index contributed by atoms with van der Waals surface area (Å²) in [6, 6.07) is 20.3. The Balaban J connectivity index is 1.77. The van der Waals surface area contributed by atoms with E-state index in [1.807, 2.05) is 42.5 Å². The van der Waals surface area contributed by atoms with Crippen LogP contribution in [0.15, 0.2) is 89.5 Å². The van der Waals surface area contributed by atoms with Crippen LogP contribution in [0.5, 0.6) is 0 Å². The van der Waals surface area contributed by atoms with E-state index in [-0.39, 0.29) is 17.9 Å². The summed E-state index contributed by atoms with van der Waals surface area (Å²) in [4.78, 5) is 12.2. The van der Waals surface area contributed by atoms with Crippen molar-refractivity contribution in [3.05, 3.63) is 123 Å². The first-order valence-electron chi connectivity index (χ1n) is 11.1. The Labute approximate surface area is 222 Å². The fourth-order valence-corrected chi connectivity index (χ4v) is 4.77. The highest BCUT2D eigenvalue weighted by Crippen LogP contribution is 2.40. The smallest absolute Gasteiger partial charge is 0.340 e. The maximum Gasteiger partial charge on any atom is 0.416 e. The predicted octanol–water partition coefficient (Wildman–Crippen LogP) is 8.13. The Hall–Kier alpha value is -3.43. The van der Waals surface area contributed by atoms with Crippen molar-refractivity contribution >= 4 is 44.5 Å². The van der Waals surface area contributed by atoms with E-state index in [1.165, 1.54) is 6.20 Å². The van der Waals surface area contributed by atoms with Crippen LogP contribution in [0, 0.1) is 5.82 Å². The molecule has 10 heteroatoms. The molecular weight excluding hydrogens is 572 g/mol. The molecule has 37 heavy (non-hydrogen) atoms. The third-order valence-corrected chi connectivity index (χ3v) is 6.69. The molecule has 2 N–H and O–H groups in total. The molecule has 5 rings (SSSR count). The van der Waals surface area contributed by atoms with Gasteiger partial charge in [0.05, 0.1) is 27.3 Å². The minimum atomic E-state index is -4.76. The van der Waals surface area contributed by atoms with Gasteiger partial charge < -0.3 is 10.3 Å². The van der Waals surface area contributed by atoms with Crippen LogP contribution in [0.4, 0.5) is 23.5 Å².